The Labute approximate surface area is 96.7 Å². The Morgan fingerprint density at radius 1 is 1.56 bits per heavy atom. The second-order valence-electron chi connectivity index (χ2n) is 4.68. The quantitative estimate of drug-likeness (QED) is 0.775. The van der Waals surface area contributed by atoms with Crippen molar-refractivity contribution >= 4 is 5.82 Å². The van der Waals surface area contributed by atoms with Crippen molar-refractivity contribution < 1.29 is 0 Å². The van der Waals surface area contributed by atoms with Gasteiger partial charge >= 0.3 is 0 Å². The molecular formula is C13H17N3. The lowest BCUT2D eigenvalue weighted by Gasteiger charge is -2.28. The van der Waals surface area contributed by atoms with E-state index in [0.29, 0.717) is 11.6 Å². The molecule has 0 saturated heterocycles. The maximum absolute atomic E-state index is 9.08. The standard InChI is InChI=1S/C13H17N3/c1-10(2)16(9-11-5-6-11)13-12(8-14)4-3-7-15-13/h3-4,7,10-11H,5-6,9H2,1-2H3. The van der Waals surface area contributed by atoms with E-state index in [0.717, 1.165) is 18.3 Å². The van der Waals surface area contributed by atoms with E-state index >= 15 is 0 Å². The van der Waals surface area contributed by atoms with Crippen LogP contribution >= 0.6 is 0 Å². The second-order valence-corrected chi connectivity index (χ2v) is 4.68. The van der Waals surface area contributed by atoms with Gasteiger partial charge in [0.15, 0.2) is 0 Å². The summed E-state index contributed by atoms with van der Waals surface area (Å²) in [4.78, 5) is 6.60. The molecule has 0 bridgehead atoms. The fourth-order valence-electron chi connectivity index (χ4n) is 1.83. The summed E-state index contributed by atoms with van der Waals surface area (Å²) in [7, 11) is 0. The molecule has 1 aliphatic rings. The van der Waals surface area contributed by atoms with Crippen molar-refractivity contribution in [2.75, 3.05) is 11.4 Å². The Bertz CT molecular complexity index is 402. The molecule has 1 fully saturated rings. The van der Waals surface area contributed by atoms with Crippen molar-refractivity contribution in [3.63, 3.8) is 0 Å². The van der Waals surface area contributed by atoms with Gasteiger partial charge in [-0.25, -0.2) is 4.98 Å². The summed E-state index contributed by atoms with van der Waals surface area (Å²) in [5, 5.41) is 9.08. The van der Waals surface area contributed by atoms with E-state index in [1.807, 2.05) is 12.1 Å². The first kappa shape index (κ1) is 10.9. The lowest BCUT2D eigenvalue weighted by molar-refractivity contribution is 0.636. The van der Waals surface area contributed by atoms with Crippen molar-refractivity contribution in [3.05, 3.63) is 23.9 Å². The highest BCUT2D eigenvalue weighted by atomic mass is 15.2. The summed E-state index contributed by atoms with van der Waals surface area (Å²) in [6.45, 7) is 5.33. The third-order valence-electron chi connectivity index (χ3n) is 2.95. The number of anilines is 1. The lowest BCUT2D eigenvalue weighted by atomic mass is 10.2. The SMILES string of the molecule is CC(C)N(CC1CC1)c1ncccc1C#N. The first-order chi connectivity index (χ1) is 7.72. The zero-order valence-corrected chi connectivity index (χ0v) is 9.85. The summed E-state index contributed by atoms with van der Waals surface area (Å²) >= 11 is 0. The van der Waals surface area contributed by atoms with Crippen LogP contribution in [0, 0.1) is 17.2 Å². The number of nitrogens with zero attached hydrogens (tertiary/aromatic N) is 3. The van der Waals surface area contributed by atoms with E-state index in [1.165, 1.54) is 12.8 Å². The van der Waals surface area contributed by atoms with Crippen LogP contribution in [0.3, 0.4) is 0 Å². The Kier molecular flexibility index (Phi) is 3.09. The highest BCUT2D eigenvalue weighted by molar-refractivity contribution is 5.54. The summed E-state index contributed by atoms with van der Waals surface area (Å²) in [6, 6.07) is 6.27. The number of nitriles is 1. The summed E-state index contributed by atoms with van der Waals surface area (Å²) in [5.41, 5.74) is 0.678. The van der Waals surface area contributed by atoms with Gasteiger partial charge in [-0.3, -0.25) is 0 Å². The molecule has 1 aromatic rings. The van der Waals surface area contributed by atoms with E-state index in [9.17, 15) is 0 Å². The largest absolute Gasteiger partial charge is 0.353 e. The number of aromatic nitrogens is 1. The molecule has 0 aromatic carbocycles. The lowest BCUT2D eigenvalue weighted by Crippen LogP contribution is -2.34. The fourth-order valence-corrected chi connectivity index (χ4v) is 1.83. The normalized spacial score (nSPS) is 14.9. The Morgan fingerprint density at radius 2 is 2.31 bits per heavy atom. The van der Waals surface area contributed by atoms with Gasteiger partial charge in [0.2, 0.25) is 0 Å². The molecule has 0 unspecified atom stereocenters. The third-order valence-corrected chi connectivity index (χ3v) is 2.95. The zero-order chi connectivity index (χ0) is 11.5. The summed E-state index contributed by atoms with van der Waals surface area (Å²) in [6.07, 6.45) is 4.40. The monoisotopic (exact) mass is 215 g/mol. The topological polar surface area (TPSA) is 39.9 Å². The van der Waals surface area contributed by atoms with E-state index in [-0.39, 0.29) is 0 Å². The van der Waals surface area contributed by atoms with Gasteiger partial charge in [0.05, 0.1) is 5.56 Å². The van der Waals surface area contributed by atoms with Gasteiger partial charge in [-0.15, -0.1) is 0 Å². The molecular weight excluding hydrogens is 198 g/mol. The molecule has 3 heteroatoms. The van der Waals surface area contributed by atoms with E-state index < -0.39 is 0 Å². The first-order valence-electron chi connectivity index (χ1n) is 5.84. The van der Waals surface area contributed by atoms with Crippen LogP contribution in [0.1, 0.15) is 32.3 Å². The van der Waals surface area contributed by atoms with Gasteiger partial charge in [0.25, 0.3) is 0 Å². The Morgan fingerprint density at radius 3 is 2.88 bits per heavy atom. The van der Waals surface area contributed by atoms with E-state index in [1.54, 1.807) is 6.20 Å². The molecule has 84 valence electrons. The summed E-state index contributed by atoms with van der Waals surface area (Å²) in [5.74, 6) is 1.64. The summed E-state index contributed by atoms with van der Waals surface area (Å²) < 4.78 is 0. The van der Waals surface area contributed by atoms with Crippen molar-refractivity contribution in [2.45, 2.75) is 32.7 Å². The molecule has 1 aliphatic carbocycles. The van der Waals surface area contributed by atoms with Crippen molar-refractivity contribution in [1.82, 2.24) is 4.98 Å². The van der Waals surface area contributed by atoms with Crippen molar-refractivity contribution in [2.24, 2.45) is 5.92 Å². The van der Waals surface area contributed by atoms with Gasteiger partial charge in [0.1, 0.15) is 11.9 Å². The minimum Gasteiger partial charge on any atom is -0.353 e. The average Bonchev–Trinajstić information content (AvgIpc) is 3.09. The molecule has 0 atom stereocenters. The van der Waals surface area contributed by atoms with Crippen LogP contribution in [0.5, 0.6) is 0 Å². The molecule has 0 amide bonds. The molecule has 1 saturated carbocycles. The van der Waals surface area contributed by atoms with Crippen LogP contribution < -0.4 is 4.90 Å². The maximum Gasteiger partial charge on any atom is 0.146 e. The van der Waals surface area contributed by atoms with E-state index in [2.05, 4.69) is 29.8 Å². The second kappa shape index (κ2) is 4.52. The number of rotatable bonds is 4. The predicted octanol–water partition coefficient (Wildman–Crippen LogP) is 2.58. The molecule has 1 heterocycles. The van der Waals surface area contributed by atoms with Gasteiger partial charge < -0.3 is 4.90 Å². The van der Waals surface area contributed by atoms with Crippen LogP contribution in [-0.4, -0.2) is 17.6 Å². The van der Waals surface area contributed by atoms with Gasteiger partial charge in [0, 0.05) is 18.8 Å². The smallest absolute Gasteiger partial charge is 0.146 e. The fraction of sp³-hybridized carbons (Fsp3) is 0.538. The first-order valence-corrected chi connectivity index (χ1v) is 5.84. The number of hydrogen-bond acceptors (Lipinski definition) is 3. The zero-order valence-electron chi connectivity index (χ0n) is 9.85. The van der Waals surface area contributed by atoms with E-state index in [4.69, 9.17) is 5.26 Å². The van der Waals surface area contributed by atoms with Crippen molar-refractivity contribution in [3.8, 4) is 6.07 Å². The highest BCUT2D eigenvalue weighted by Gasteiger charge is 2.27. The molecule has 0 spiro atoms. The molecule has 16 heavy (non-hydrogen) atoms. The van der Waals surface area contributed by atoms with Gasteiger partial charge in [-0.2, -0.15) is 5.26 Å². The minimum atomic E-state index is 0.391. The molecule has 2 rings (SSSR count). The highest BCUT2D eigenvalue weighted by Crippen LogP contribution is 2.32. The predicted molar refractivity (Wildman–Crippen MR) is 64.2 cm³/mol. The van der Waals surface area contributed by atoms with Crippen molar-refractivity contribution in [1.29, 1.82) is 5.26 Å². The van der Waals surface area contributed by atoms with Crippen LogP contribution in [-0.2, 0) is 0 Å². The maximum atomic E-state index is 9.08. The average molecular weight is 215 g/mol. The van der Waals surface area contributed by atoms with Crippen LogP contribution in [0.25, 0.3) is 0 Å². The molecule has 0 aliphatic heterocycles. The minimum absolute atomic E-state index is 0.391. The molecule has 0 radical (unpaired) electrons. The number of hydrogen-bond donors (Lipinski definition) is 0. The number of pyridine rings is 1. The van der Waals surface area contributed by atoms with Crippen LogP contribution in [0.4, 0.5) is 5.82 Å². The van der Waals surface area contributed by atoms with Crippen LogP contribution in [0.2, 0.25) is 0 Å². The van der Waals surface area contributed by atoms with Gasteiger partial charge in [-0.05, 0) is 44.7 Å². The van der Waals surface area contributed by atoms with Gasteiger partial charge in [-0.1, -0.05) is 0 Å². The molecule has 3 nitrogen and oxygen atoms in total. The molecule has 0 N–H and O–H groups in total. The van der Waals surface area contributed by atoms with Crippen LogP contribution in [0.15, 0.2) is 18.3 Å². The third kappa shape index (κ3) is 2.33. The Balaban J connectivity index is 2.26. The Hall–Kier alpha value is -1.56. The molecule has 1 aromatic heterocycles.